The molecule has 0 radical (unpaired) electrons. The predicted molar refractivity (Wildman–Crippen MR) is 179 cm³/mol. The number of aromatic nitrogens is 2. The van der Waals surface area contributed by atoms with Crippen molar-refractivity contribution in [3.8, 4) is 0 Å². The second kappa shape index (κ2) is 12.7. The number of benzene rings is 1. The second-order valence-corrected chi connectivity index (χ2v) is 15.3. The number of anilines is 2. The molecule has 0 saturated carbocycles. The number of likely N-dealkylation sites (tertiary alicyclic amines) is 2. The number of nitrogens with zero attached hydrogens (tertiary/aromatic N) is 4. The lowest BCUT2D eigenvalue weighted by atomic mass is 9.89. The maximum Gasteiger partial charge on any atom is 0.413 e. The van der Waals surface area contributed by atoms with Crippen molar-refractivity contribution < 1.29 is 19.1 Å². The van der Waals surface area contributed by atoms with E-state index < -0.39 is 23.5 Å². The summed E-state index contributed by atoms with van der Waals surface area (Å²) >= 11 is 1.76. The Bertz CT molecular complexity index is 1590. The molecule has 0 aliphatic carbocycles. The highest BCUT2D eigenvalue weighted by Gasteiger charge is 2.38. The van der Waals surface area contributed by atoms with Crippen LogP contribution >= 0.6 is 11.3 Å². The number of fused-ring (bicyclic) bond motifs is 1. The Hall–Kier alpha value is -3.57. The molecule has 3 aromatic rings. The Morgan fingerprint density at radius 1 is 1.11 bits per heavy atom. The van der Waals surface area contributed by atoms with Crippen LogP contribution in [0, 0.1) is 5.92 Å². The van der Waals surface area contributed by atoms with E-state index in [0.29, 0.717) is 36.0 Å². The van der Waals surface area contributed by atoms with E-state index in [9.17, 15) is 14.4 Å². The van der Waals surface area contributed by atoms with Crippen LogP contribution in [0.15, 0.2) is 30.5 Å². The smallest absolute Gasteiger partial charge is 0.413 e. The van der Waals surface area contributed by atoms with Crippen molar-refractivity contribution in [2.45, 2.75) is 97.2 Å². The molecule has 3 atom stereocenters. The molecule has 242 valence electrons. The highest BCUT2D eigenvalue weighted by molar-refractivity contribution is 7.18. The summed E-state index contributed by atoms with van der Waals surface area (Å²) in [6, 6.07) is 7.81. The number of ether oxygens (including phenoxy) is 1. The van der Waals surface area contributed by atoms with E-state index in [4.69, 9.17) is 9.72 Å². The Morgan fingerprint density at radius 2 is 1.87 bits per heavy atom. The lowest BCUT2D eigenvalue weighted by Gasteiger charge is -2.38. The fraction of sp³-hybridized carbons (Fsp3) is 0.559. The number of nitrogens with one attached hydrogen (secondary N) is 2. The molecular weight excluding hydrogens is 588 g/mol. The van der Waals surface area contributed by atoms with E-state index in [1.165, 1.54) is 6.20 Å². The van der Waals surface area contributed by atoms with E-state index in [1.807, 2.05) is 6.92 Å². The number of pyridine rings is 1. The summed E-state index contributed by atoms with van der Waals surface area (Å²) < 4.78 is 6.48. The summed E-state index contributed by atoms with van der Waals surface area (Å²) in [7, 11) is 2.18. The SMILES string of the molecule is CCc1cc(NC(=O)C(=O)N2C[C@@H](C)CC[C@@H]2c2ccc3sc([C@H]4CN(C)C(C)(C)C4)nc3c2)cnc1NC(=O)OC(C)(C)C. The molecule has 45 heavy (non-hydrogen) atoms. The van der Waals surface area contributed by atoms with Crippen molar-refractivity contribution in [2.24, 2.45) is 5.92 Å². The fourth-order valence-electron chi connectivity index (χ4n) is 6.31. The number of hydrogen-bond acceptors (Lipinski definition) is 8. The largest absolute Gasteiger partial charge is 0.444 e. The van der Waals surface area contributed by atoms with E-state index in [0.717, 1.165) is 46.6 Å². The Kier molecular flexibility index (Phi) is 9.24. The van der Waals surface area contributed by atoms with Gasteiger partial charge in [-0.3, -0.25) is 14.9 Å². The Labute approximate surface area is 269 Å². The van der Waals surface area contributed by atoms with Crippen LogP contribution in [0.5, 0.6) is 0 Å². The average Bonchev–Trinajstić information content (AvgIpc) is 3.51. The zero-order valence-electron chi connectivity index (χ0n) is 27.7. The quantitative estimate of drug-likeness (QED) is 0.299. The lowest BCUT2D eigenvalue weighted by Crippen LogP contribution is -2.46. The summed E-state index contributed by atoms with van der Waals surface area (Å²) in [5, 5.41) is 6.58. The van der Waals surface area contributed by atoms with Crippen LogP contribution in [-0.4, -0.2) is 69.0 Å². The summed E-state index contributed by atoms with van der Waals surface area (Å²) in [6.07, 6.45) is 4.20. The van der Waals surface area contributed by atoms with Gasteiger partial charge in [0.25, 0.3) is 0 Å². The number of aryl methyl sites for hydroxylation is 1. The molecule has 4 heterocycles. The number of rotatable bonds is 5. The van der Waals surface area contributed by atoms with Gasteiger partial charge in [0.05, 0.1) is 33.2 Å². The molecular formula is C34H46N6O4S. The van der Waals surface area contributed by atoms with Crippen LogP contribution in [-0.2, 0) is 20.7 Å². The zero-order valence-corrected chi connectivity index (χ0v) is 28.5. The summed E-state index contributed by atoms with van der Waals surface area (Å²) in [6.45, 7) is 15.4. The van der Waals surface area contributed by atoms with E-state index in [2.05, 4.69) is 66.5 Å². The number of hydrogen-bond donors (Lipinski definition) is 2. The van der Waals surface area contributed by atoms with Crippen LogP contribution in [0.4, 0.5) is 16.3 Å². The second-order valence-electron chi connectivity index (χ2n) is 14.2. The molecule has 2 saturated heterocycles. The van der Waals surface area contributed by atoms with Crippen molar-refractivity contribution in [1.82, 2.24) is 19.8 Å². The number of amides is 3. The van der Waals surface area contributed by atoms with Gasteiger partial charge >= 0.3 is 17.9 Å². The van der Waals surface area contributed by atoms with Crippen LogP contribution < -0.4 is 10.6 Å². The van der Waals surface area contributed by atoms with Gasteiger partial charge in [-0.15, -0.1) is 11.3 Å². The van der Waals surface area contributed by atoms with Crippen LogP contribution in [0.2, 0.25) is 0 Å². The monoisotopic (exact) mass is 634 g/mol. The van der Waals surface area contributed by atoms with Gasteiger partial charge in [-0.25, -0.2) is 14.8 Å². The lowest BCUT2D eigenvalue weighted by molar-refractivity contribution is -0.146. The molecule has 11 heteroatoms. The molecule has 2 N–H and O–H groups in total. The summed E-state index contributed by atoms with van der Waals surface area (Å²) in [5.74, 6) is -0.244. The molecule has 1 aromatic carbocycles. The highest BCUT2D eigenvalue weighted by atomic mass is 32.1. The van der Waals surface area contributed by atoms with Gasteiger partial charge in [0, 0.05) is 24.5 Å². The average molecular weight is 635 g/mol. The van der Waals surface area contributed by atoms with Gasteiger partial charge in [-0.1, -0.05) is 19.9 Å². The van der Waals surface area contributed by atoms with E-state index >= 15 is 0 Å². The molecule has 3 amide bonds. The number of piperidine rings is 1. The third-order valence-electron chi connectivity index (χ3n) is 8.93. The third-order valence-corrected chi connectivity index (χ3v) is 10.1. The highest BCUT2D eigenvalue weighted by Crippen LogP contribution is 2.41. The van der Waals surface area contributed by atoms with Crippen molar-refractivity contribution in [3.05, 3.63) is 46.6 Å². The Morgan fingerprint density at radius 3 is 2.53 bits per heavy atom. The van der Waals surface area contributed by atoms with Gasteiger partial charge in [-0.05, 0) is 103 Å². The van der Waals surface area contributed by atoms with Crippen molar-refractivity contribution in [1.29, 1.82) is 0 Å². The molecule has 0 spiro atoms. The topological polar surface area (TPSA) is 117 Å². The minimum atomic E-state index is -0.712. The van der Waals surface area contributed by atoms with Crippen molar-refractivity contribution >= 4 is 51.0 Å². The minimum Gasteiger partial charge on any atom is -0.444 e. The molecule has 5 rings (SSSR count). The third kappa shape index (κ3) is 7.47. The number of thiazole rings is 1. The zero-order chi connectivity index (χ0) is 32.7. The molecule has 0 unspecified atom stereocenters. The fourth-order valence-corrected chi connectivity index (χ4v) is 7.35. The summed E-state index contributed by atoms with van der Waals surface area (Å²) in [5.41, 5.74) is 2.56. The molecule has 10 nitrogen and oxygen atoms in total. The Balaban J connectivity index is 1.31. The van der Waals surface area contributed by atoms with E-state index in [-0.39, 0.29) is 17.5 Å². The van der Waals surface area contributed by atoms with Gasteiger partial charge < -0.3 is 19.9 Å². The van der Waals surface area contributed by atoms with Gasteiger partial charge in [-0.2, -0.15) is 0 Å². The summed E-state index contributed by atoms with van der Waals surface area (Å²) in [4.78, 5) is 52.8. The number of likely N-dealkylation sites (N-methyl/N-ethyl adjacent to an activating group) is 1. The first kappa shape index (κ1) is 32.8. The van der Waals surface area contributed by atoms with Crippen LogP contribution in [0.3, 0.4) is 0 Å². The van der Waals surface area contributed by atoms with Crippen molar-refractivity contribution in [3.63, 3.8) is 0 Å². The van der Waals surface area contributed by atoms with Gasteiger partial charge in [0.15, 0.2) is 0 Å². The molecule has 2 aromatic heterocycles. The first-order chi connectivity index (χ1) is 21.1. The first-order valence-electron chi connectivity index (χ1n) is 15.9. The van der Waals surface area contributed by atoms with Gasteiger partial charge in [0.2, 0.25) is 0 Å². The standard InChI is InChI=1S/C34H46N6O4S/c1-9-21-14-24(17-35-28(21)38-32(43)44-33(3,4)5)36-29(41)31(42)40-18-20(2)10-12-26(40)22-11-13-27-25(15-22)37-30(45-27)23-16-34(6,7)39(8)19-23/h11,13-15,17,20,23,26H,9-10,12,16,18-19H2,1-8H3,(H,36,41)(H,35,38,43)/t20-,23+,26+/m0/s1. The normalized spacial score (nSPS) is 22.0. The molecule has 0 bridgehead atoms. The number of carbonyl (C=O) groups is 3. The molecule has 2 fully saturated rings. The predicted octanol–water partition coefficient (Wildman–Crippen LogP) is 6.74. The first-order valence-corrected chi connectivity index (χ1v) is 16.7. The molecule has 2 aliphatic heterocycles. The maximum absolute atomic E-state index is 13.7. The van der Waals surface area contributed by atoms with Gasteiger partial charge in [0.1, 0.15) is 11.4 Å². The molecule has 2 aliphatic rings. The van der Waals surface area contributed by atoms with Crippen LogP contribution in [0.25, 0.3) is 10.2 Å². The number of carbonyl (C=O) groups excluding carboxylic acids is 3. The van der Waals surface area contributed by atoms with E-state index in [1.54, 1.807) is 43.1 Å². The van der Waals surface area contributed by atoms with Crippen LogP contribution in [0.1, 0.15) is 95.8 Å². The van der Waals surface area contributed by atoms with Crippen molar-refractivity contribution in [2.75, 3.05) is 30.8 Å². The maximum atomic E-state index is 13.7. The minimum absolute atomic E-state index is 0.154.